The topological polar surface area (TPSA) is 99.2 Å². The third-order valence-corrected chi connectivity index (χ3v) is 6.36. The summed E-state index contributed by atoms with van der Waals surface area (Å²) in [5, 5.41) is 12.4. The summed E-state index contributed by atoms with van der Waals surface area (Å²) >= 11 is 2.65. The van der Waals surface area contributed by atoms with Gasteiger partial charge in [-0.15, -0.1) is 21.5 Å². The smallest absolute Gasteiger partial charge is 0.341 e. The quantitative estimate of drug-likeness (QED) is 0.420. The molecule has 3 rings (SSSR count). The average Bonchev–Trinajstić information content (AvgIpc) is 3.41. The van der Waals surface area contributed by atoms with Crippen molar-refractivity contribution in [2.75, 3.05) is 18.2 Å². The second kappa shape index (κ2) is 9.27. The number of anilines is 1. The summed E-state index contributed by atoms with van der Waals surface area (Å²) in [6, 6.07) is 3.62. The van der Waals surface area contributed by atoms with Gasteiger partial charge in [-0.3, -0.25) is 9.36 Å². The van der Waals surface area contributed by atoms with Crippen molar-refractivity contribution in [3.63, 3.8) is 0 Å². The maximum Gasteiger partial charge on any atom is 0.341 e. The number of thioether (sulfide) groups is 1. The van der Waals surface area contributed by atoms with Gasteiger partial charge in [0.15, 0.2) is 16.7 Å². The van der Waals surface area contributed by atoms with Gasteiger partial charge in [0.2, 0.25) is 5.91 Å². The van der Waals surface area contributed by atoms with Crippen LogP contribution in [0.3, 0.4) is 0 Å². The van der Waals surface area contributed by atoms with E-state index in [9.17, 15) is 9.59 Å². The number of carbonyl (C=O) groups excluding carboxylic acids is 2. The first-order valence-corrected chi connectivity index (χ1v) is 10.8. The van der Waals surface area contributed by atoms with E-state index in [4.69, 9.17) is 9.15 Å². The zero-order valence-electron chi connectivity index (χ0n) is 16.6. The van der Waals surface area contributed by atoms with Crippen LogP contribution in [-0.4, -0.2) is 39.5 Å². The third-order valence-electron chi connectivity index (χ3n) is 4.27. The van der Waals surface area contributed by atoms with Gasteiger partial charge in [0.1, 0.15) is 5.00 Å². The second-order valence-corrected chi connectivity index (χ2v) is 8.42. The van der Waals surface area contributed by atoms with Gasteiger partial charge >= 0.3 is 5.97 Å². The fourth-order valence-electron chi connectivity index (χ4n) is 2.76. The number of thiophene rings is 1. The Kier molecular flexibility index (Phi) is 6.75. The van der Waals surface area contributed by atoms with E-state index in [0.29, 0.717) is 33.9 Å². The zero-order valence-corrected chi connectivity index (χ0v) is 18.3. The molecule has 29 heavy (non-hydrogen) atoms. The molecule has 0 aliphatic rings. The highest BCUT2D eigenvalue weighted by Gasteiger charge is 2.22. The largest absolute Gasteiger partial charge is 0.465 e. The molecule has 0 radical (unpaired) electrons. The first kappa shape index (κ1) is 21.1. The fraction of sp³-hybridized carbons (Fsp3) is 0.368. The minimum atomic E-state index is -0.458. The molecule has 0 aliphatic carbocycles. The fourth-order valence-corrected chi connectivity index (χ4v) is 4.59. The Morgan fingerprint density at radius 2 is 2.14 bits per heavy atom. The Morgan fingerprint density at radius 1 is 1.34 bits per heavy atom. The molecular weight excluding hydrogens is 412 g/mol. The van der Waals surface area contributed by atoms with E-state index in [1.54, 1.807) is 12.3 Å². The van der Waals surface area contributed by atoms with E-state index in [2.05, 4.69) is 22.4 Å². The van der Waals surface area contributed by atoms with Crippen LogP contribution in [0.2, 0.25) is 0 Å². The number of aromatic nitrogens is 3. The lowest BCUT2D eigenvalue weighted by Gasteiger charge is -2.08. The van der Waals surface area contributed by atoms with Crippen LogP contribution in [-0.2, 0) is 16.1 Å². The molecule has 154 valence electrons. The Labute approximate surface area is 176 Å². The molecule has 1 amide bonds. The highest BCUT2D eigenvalue weighted by Crippen LogP contribution is 2.33. The van der Waals surface area contributed by atoms with E-state index in [0.717, 1.165) is 16.9 Å². The molecule has 8 nitrogen and oxygen atoms in total. The lowest BCUT2D eigenvalue weighted by atomic mass is 10.1. The average molecular weight is 435 g/mol. The van der Waals surface area contributed by atoms with Crippen molar-refractivity contribution in [1.29, 1.82) is 0 Å². The number of hydrogen-bond acceptors (Lipinski definition) is 8. The van der Waals surface area contributed by atoms with Gasteiger partial charge in [-0.05, 0) is 38.0 Å². The number of hydrogen-bond donors (Lipinski definition) is 1. The highest BCUT2D eigenvalue weighted by atomic mass is 32.2. The summed E-state index contributed by atoms with van der Waals surface area (Å²) < 4.78 is 12.2. The van der Waals surface area contributed by atoms with E-state index in [1.165, 1.54) is 30.2 Å². The summed E-state index contributed by atoms with van der Waals surface area (Å²) in [4.78, 5) is 25.5. The van der Waals surface area contributed by atoms with E-state index in [1.807, 2.05) is 24.5 Å². The number of nitrogens with zero attached hydrogens (tertiary/aromatic N) is 3. The van der Waals surface area contributed by atoms with Gasteiger partial charge in [0.25, 0.3) is 0 Å². The Morgan fingerprint density at radius 3 is 2.79 bits per heavy atom. The van der Waals surface area contributed by atoms with Crippen molar-refractivity contribution < 1.29 is 18.7 Å². The number of amides is 1. The van der Waals surface area contributed by atoms with Crippen LogP contribution in [0.1, 0.15) is 34.1 Å². The van der Waals surface area contributed by atoms with E-state index < -0.39 is 5.97 Å². The molecule has 3 aromatic heterocycles. The number of methoxy groups -OCH3 is 1. The number of aryl methyl sites for hydroxylation is 1. The van der Waals surface area contributed by atoms with Gasteiger partial charge in [-0.25, -0.2) is 4.79 Å². The minimum absolute atomic E-state index is 0.136. The summed E-state index contributed by atoms with van der Waals surface area (Å²) in [6.07, 6.45) is 2.48. The van der Waals surface area contributed by atoms with Crippen molar-refractivity contribution in [3.05, 3.63) is 34.4 Å². The SMILES string of the molecule is CCCn1c(SCC(=O)Nc2sc(C)c(C)c2C(=O)OC)nnc1-c1ccco1. The van der Waals surface area contributed by atoms with Crippen LogP contribution >= 0.6 is 23.1 Å². The molecule has 0 atom stereocenters. The van der Waals surface area contributed by atoms with Crippen LogP contribution in [0.15, 0.2) is 28.0 Å². The predicted molar refractivity (Wildman–Crippen MR) is 113 cm³/mol. The molecule has 1 N–H and O–H groups in total. The number of esters is 1. The van der Waals surface area contributed by atoms with Crippen LogP contribution < -0.4 is 5.32 Å². The van der Waals surface area contributed by atoms with Gasteiger partial charge in [-0.2, -0.15) is 0 Å². The Bertz CT molecular complexity index is 1010. The maximum absolute atomic E-state index is 12.5. The summed E-state index contributed by atoms with van der Waals surface area (Å²) in [6.45, 7) is 6.51. The molecule has 0 saturated carbocycles. The van der Waals surface area contributed by atoms with Crippen molar-refractivity contribution in [2.24, 2.45) is 0 Å². The molecule has 0 unspecified atom stereocenters. The number of furan rings is 1. The van der Waals surface area contributed by atoms with Crippen molar-refractivity contribution in [2.45, 2.75) is 38.9 Å². The number of rotatable bonds is 8. The molecule has 0 bridgehead atoms. The molecule has 0 fully saturated rings. The molecule has 0 spiro atoms. The first-order chi connectivity index (χ1) is 14.0. The van der Waals surface area contributed by atoms with Gasteiger partial charge in [-0.1, -0.05) is 18.7 Å². The van der Waals surface area contributed by atoms with Crippen molar-refractivity contribution in [3.8, 4) is 11.6 Å². The molecule has 10 heteroatoms. The van der Waals surface area contributed by atoms with Crippen molar-refractivity contribution >= 4 is 40.0 Å². The van der Waals surface area contributed by atoms with Gasteiger partial charge in [0.05, 0.1) is 24.7 Å². The predicted octanol–water partition coefficient (Wildman–Crippen LogP) is 4.14. The summed E-state index contributed by atoms with van der Waals surface area (Å²) in [5.41, 5.74) is 1.22. The van der Waals surface area contributed by atoms with Crippen LogP contribution in [0.4, 0.5) is 5.00 Å². The molecule has 0 aliphatic heterocycles. The molecule has 0 aromatic carbocycles. The van der Waals surface area contributed by atoms with E-state index in [-0.39, 0.29) is 11.7 Å². The monoisotopic (exact) mass is 434 g/mol. The number of nitrogens with one attached hydrogen (secondary N) is 1. The molecule has 3 heterocycles. The lowest BCUT2D eigenvalue weighted by molar-refractivity contribution is -0.113. The normalized spacial score (nSPS) is 10.9. The number of ether oxygens (including phenoxy) is 1. The third kappa shape index (κ3) is 4.54. The standard InChI is InChI=1S/C19H22N4O4S2/c1-5-8-23-16(13-7-6-9-27-13)21-22-19(23)28-10-14(24)20-17-15(18(25)26-4)11(2)12(3)29-17/h6-7,9H,5,8,10H2,1-4H3,(H,20,24). The summed E-state index contributed by atoms with van der Waals surface area (Å²) in [5.74, 6) is 0.718. The van der Waals surface area contributed by atoms with Crippen LogP contribution in [0.25, 0.3) is 11.6 Å². The van der Waals surface area contributed by atoms with Crippen LogP contribution in [0, 0.1) is 13.8 Å². The zero-order chi connectivity index (χ0) is 21.0. The summed E-state index contributed by atoms with van der Waals surface area (Å²) in [7, 11) is 1.33. The second-order valence-electron chi connectivity index (χ2n) is 6.25. The first-order valence-electron chi connectivity index (χ1n) is 9.04. The minimum Gasteiger partial charge on any atom is -0.465 e. The molecule has 3 aromatic rings. The highest BCUT2D eigenvalue weighted by molar-refractivity contribution is 7.99. The molecular formula is C19H22N4O4S2. The van der Waals surface area contributed by atoms with E-state index >= 15 is 0 Å². The van der Waals surface area contributed by atoms with Gasteiger partial charge in [0, 0.05) is 11.4 Å². The van der Waals surface area contributed by atoms with Gasteiger partial charge < -0.3 is 14.5 Å². The Hall–Kier alpha value is -2.59. The van der Waals surface area contributed by atoms with Crippen LogP contribution in [0.5, 0.6) is 0 Å². The number of carbonyl (C=O) groups is 2. The maximum atomic E-state index is 12.5. The Balaban J connectivity index is 1.72. The molecule has 0 saturated heterocycles. The lowest BCUT2D eigenvalue weighted by Crippen LogP contribution is -2.16. The van der Waals surface area contributed by atoms with Crippen molar-refractivity contribution in [1.82, 2.24) is 14.8 Å².